The summed E-state index contributed by atoms with van der Waals surface area (Å²) >= 11 is 11.5. The van der Waals surface area contributed by atoms with Crippen LogP contribution in [0.2, 0.25) is 5.02 Å². The fraction of sp³-hybridized carbons (Fsp3) is 0.185. The third kappa shape index (κ3) is 6.92. The Labute approximate surface area is 216 Å². The van der Waals surface area contributed by atoms with E-state index in [4.69, 9.17) is 11.6 Å². The zero-order chi connectivity index (χ0) is 24.5. The van der Waals surface area contributed by atoms with Crippen LogP contribution in [0.25, 0.3) is 0 Å². The van der Waals surface area contributed by atoms with Crippen LogP contribution < -0.4 is 4.90 Å². The highest BCUT2D eigenvalue weighted by molar-refractivity contribution is 8.18. The van der Waals surface area contributed by atoms with E-state index in [-0.39, 0.29) is 5.91 Å². The number of amides is 1. The Morgan fingerprint density at radius 2 is 1.59 bits per heavy atom. The maximum atomic E-state index is 13.0. The second-order valence-corrected chi connectivity index (χ2v) is 9.63. The molecule has 1 fully saturated rings. The summed E-state index contributed by atoms with van der Waals surface area (Å²) in [5, 5.41) is 1.54. The topological polar surface area (TPSA) is 35.9 Å². The largest absolute Gasteiger partial charge is 0.370 e. The lowest BCUT2D eigenvalue weighted by molar-refractivity contribution is -0.122. The van der Waals surface area contributed by atoms with Crippen LogP contribution in [0.15, 0.2) is 105 Å². The number of carbonyl (C=O) groups excluding carboxylic acids is 1. The van der Waals surface area contributed by atoms with Gasteiger partial charge in [0.15, 0.2) is 5.17 Å². The van der Waals surface area contributed by atoms with E-state index in [1.165, 1.54) is 11.8 Å². The number of carbonyl (C=O) groups is 1. The number of amidine groups is 1. The summed E-state index contributed by atoms with van der Waals surface area (Å²) in [7, 11) is 3.74. The summed E-state index contributed by atoms with van der Waals surface area (Å²) in [6.45, 7) is 3.20. The second kappa shape index (κ2) is 12.7. The van der Waals surface area contributed by atoms with Gasteiger partial charge >= 0.3 is 0 Å². The molecule has 0 radical (unpaired) electrons. The standard InChI is InChI=1S/C21H23N3OS2.C6H5Cl/c1-15(13-23(3)17-11-7-8-12-18(17)26)19-20(25)24(21(22-2)27-19)14-16-9-5-4-6-10-16;7-6-4-2-1-3-5-6/h4-12,26H,13-14H2,1-3H3;1-5H/b19-15+,22-21?;. The minimum atomic E-state index is 0.0227. The molecule has 1 amide bonds. The second-order valence-electron chi connectivity index (χ2n) is 7.73. The van der Waals surface area contributed by atoms with E-state index in [2.05, 4.69) is 22.5 Å². The van der Waals surface area contributed by atoms with Crippen LogP contribution in [0.4, 0.5) is 5.69 Å². The minimum absolute atomic E-state index is 0.0227. The van der Waals surface area contributed by atoms with Gasteiger partial charge in [-0.2, -0.15) is 0 Å². The first-order chi connectivity index (χ1) is 16.4. The van der Waals surface area contributed by atoms with Gasteiger partial charge in [0.05, 0.1) is 17.1 Å². The van der Waals surface area contributed by atoms with Crippen molar-refractivity contribution in [3.63, 3.8) is 0 Å². The van der Waals surface area contributed by atoms with Gasteiger partial charge in [-0.25, -0.2) is 0 Å². The van der Waals surface area contributed by atoms with Gasteiger partial charge in [0.1, 0.15) is 0 Å². The van der Waals surface area contributed by atoms with Crippen LogP contribution in [0, 0.1) is 0 Å². The number of thioether (sulfide) groups is 1. The smallest absolute Gasteiger partial charge is 0.267 e. The van der Waals surface area contributed by atoms with Gasteiger partial charge in [-0.1, -0.05) is 72.3 Å². The summed E-state index contributed by atoms with van der Waals surface area (Å²) < 4.78 is 0. The van der Waals surface area contributed by atoms with Crippen LogP contribution >= 0.6 is 36.0 Å². The fourth-order valence-electron chi connectivity index (χ4n) is 3.46. The Kier molecular flexibility index (Phi) is 9.69. The normalized spacial score (nSPS) is 15.7. The van der Waals surface area contributed by atoms with Gasteiger partial charge in [0, 0.05) is 30.6 Å². The predicted octanol–water partition coefficient (Wildman–Crippen LogP) is 6.79. The van der Waals surface area contributed by atoms with Gasteiger partial charge < -0.3 is 4.90 Å². The quantitative estimate of drug-likeness (QED) is 0.304. The molecule has 1 saturated heterocycles. The number of likely N-dealkylation sites (N-methyl/N-ethyl adjacent to an activating group) is 1. The highest BCUT2D eigenvalue weighted by Gasteiger charge is 2.34. The molecule has 3 aromatic carbocycles. The molecule has 4 nitrogen and oxygen atoms in total. The van der Waals surface area contributed by atoms with E-state index >= 15 is 0 Å². The molecule has 1 aliphatic rings. The first kappa shape index (κ1) is 25.9. The molecule has 0 spiro atoms. The lowest BCUT2D eigenvalue weighted by atomic mass is 10.2. The number of para-hydroxylation sites is 1. The van der Waals surface area contributed by atoms with Gasteiger partial charge in [0.2, 0.25) is 0 Å². The maximum Gasteiger partial charge on any atom is 0.267 e. The zero-order valence-corrected chi connectivity index (χ0v) is 21.9. The van der Waals surface area contributed by atoms with Crippen LogP contribution in [-0.4, -0.2) is 36.6 Å². The number of thiol groups is 1. The molecule has 7 heteroatoms. The number of halogens is 1. The van der Waals surface area contributed by atoms with Crippen molar-refractivity contribution in [3.8, 4) is 0 Å². The first-order valence-electron chi connectivity index (χ1n) is 10.8. The molecule has 4 rings (SSSR count). The van der Waals surface area contributed by atoms with E-state index in [9.17, 15) is 4.79 Å². The predicted molar refractivity (Wildman–Crippen MR) is 149 cm³/mol. The highest BCUT2D eigenvalue weighted by Crippen LogP contribution is 2.35. The number of hydrogen-bond acceptors (Lipinski definition) is 5. The van der Waals surface area contributed by atoms with Crippen LogP contribution in [-0.2, 0) is 11.3 Å². The zero-order valence-electron chi connectivity index (χ0n) is 19.5. The minimum Gasteiger partial charge on any atom is -0.370 e. The molecule has 34 heavy (non-hydrogen) atoms. The van der Waals surface area contributed by atoms with E-state index in [0.29, 0.717) is 13.1 Å². The molecule has 0 aromatic heterocycles. The Balaban J connectivity index is 0.000000396. The van der Waals surface area contributed by atoms with E-state index in [1.807, 2.05) is 98.9 Å². The van der Waals surface area contributed by atoms with Gasteiger partial charge in [-0.3, -0.25) is 14.7 Å². The van der Waals surface area contributed by atoms with Crippen molar-refractivity contribution in [2.24, 2.45) is 4.99 Å². The van der Waals surface area contributed by atoms with Crippen molar-refractivity contribution in [2.75, 3.05) is 25.5 Å². The Morgan fingerprint density at radius 1 is 1.00 bits per heavy atom. The number of aliphatic imine (C=N–C) groups is 1. The number of nitrogens with zero attached hydrogens (tertiary/aromatic N) is 3. The van der Waals surface area contributed by atoms with Crippen LogP contribution in [0.5, 0.6) is 0 Å². The highest BCUT2D eigenvalue weighted by atomic mass is 35.5. The Bertz CT molecular complexity index is 1170. The third-order valence-electron chi connectivity index (χ3n) is 5.13. The van der Waals surface area contributed by atoms with Crippen LogP contribution in [0.1, 0.15) is 12.5 Å². The molecular weight excluding hydrogens is 482 g/mol. The maximum absolute atomic E-state index is 13.0. The molecule has 176 valence electrons. The monoisotopic (exact) mass is 509 g/mol. The molecule has 1 aliphatic heterocycles. The van der Waals surface area contributed by atoms with Crippen molar-refractivity contribution < 1.29 is 4.79 Å². The molecule has 0 aliphatic carbocycles. The van der Waals surface area contributed by atoms with Gasteiger partial charge in [0.25, 0.3) is 5.91 Å². The van der Waals surface area contributed by atoms with Crippen molar-refractivity contribution >= 4 is 52.8 Å². The lowest BCUT2D eigenvalue weighted by Gasteiger charge is -2.22. The van der Waals surface area contributed by atoms with Crippen molar-refractivity contribution in [3.05, 3.63) is 106 Å². The summed E-state index contributed by atoms with van der Waals surface area (Å²) in [6, 6.07) is 27.4. The van der Waals surface area contributed by atoms with Crippen molar-refractivity contribution in [1.29, 1.82) is 0 Å². The molecular formula is C27H28ClN3OS2. The molecule has 0 saturated carbocycles. The average molecular weight is 510 g/mol. The summed E-state index contributed by atoms with van der Waals surface area (Å²) in [4.78, 5) is 22.9. The Morgan fingerprint density at radius 3 is 2.15 bits per heavy atom. The molecule has 0 N–H and O–H groups in total. The third-order valence-corrected chi connectivity index (χ3v) is 7.07. The number of rotatable bonds is 5. The molecule has 3 aromatic rings. The summed E-state index contributed by atoms with van der Waals surface area (Å²) in [5.74, 6) is 0.0227. The van der Waals surface area contributed by atoms with Crippen LogP contribution in [0.3, 0.4) is 0 Å². The van der Waals surface area contributed by atoms with E-state index in [0.717, 1.165) is 36.8 Å². The number of benzene rings is 3. The van der Waals surface area contributed by atoms with Crippen molar-refractivity contribution in [1.82, 2.24) is 4.90 Å². The molecule has 0 bridgehead atoms. The fourth-order valence-corrected chi connectivity index (χ4v) is 4.90. The first-order valence-corrected chi connectivity index (χ1v) is 12.4. The summed E-state index contributed by atoms with van der Waals surface area (Å²) in [5.41, 5.74) is 3.16. The molecule has 1 heterocycles. The lowest BCUT2D eigenvalue weighted by Crippen LogP contribution is -2.29. The van der Waals surface area contributed by atoms with E-state index < -0.39 is 0 Å². The Hall–Kier alpha value is -2.67. The average Bonchev–Trinajstić information content (AvgIpc) is 3.16. The number of anilines is 1. The van der Waals surface area contributed by atoms with Gasteiger partial charge in [-0.15, -0.1) is 12.6 Å². The van der Waals surface area contributed by atoms with Gasteiger partial charge in [-0.05, 0) is 54.1 Å². The SMILES string of the molecule is CN=C1S/C(=C(\C)CN(C)c2ccccc2S)C(=O)N1Cc1ccccc1.Clc1ccccc1. The van der Waals surface area contributed by atoms with E-state index in [1.54, 1.807) is 11.9 Å². The summed E-state index contributed by atoms with van der Waals surface area (Å²) in [6.07, 6.45) is 0. The molecule has 0 unspecified atom stereocenters. The van der Waals surface area contributed by atoms with Crippen molar-refractivity contribution in [2.45, 2.75) is 18.4 Å². The number of hydrogen-bond donors (Lipinski definition) is 1. The molecule has 0 atom stereocenters.